The number of hydrogen-bond donors (Lipinski definition) is 1. The Balaban J connectivity index is 2.22. The summed E-state index contributed by atoms with van der Waals surface area (Å²) < 4.78 is 5.60. The summed E-state index contributed by atoms with van der Waals surface area (Å²) in [5.41, 5.74) is -1.47. The highest BCUT2D eigenvalue weighted by atomic mass is 16.5. The molecule has 0 radical (unpaired) electrons. The van der Waals surface area contributed by atoms with Gasteiger partial charge in [0.2, 0.25) is 11.8 Å². The number of rotatable bonds is 4. The molecule has 1 heterocycles. The molecular formula is C16H28N2O3. The molecular weight excluding hydrogens is 268 g/mol. The molecule has 5 nitrogen and oxygen atoms in total. The molecule has 120 valence electrons. The minimum atomic E-state index is -0.822. The van der Waals surface area contributed by atoms with Crippen molar-refractivity contribution in [3.8, 4) is 0 Å². The molecule has 1 N–H and O–H groups in total. The van der Waals surface area contributed by atoms with Crippen molar-refractivity contribution in [2.24, 2.45) is 0 Å². The van der Waals surface area contributed by atoms with Gasteiger partial charge in [-0.25, -0.2) is 0 Å². The quantitative estimate of drug-likeness (QED) is 0.861. The van der Waals surface area contributed by atoms with Crippen molar-refractivity contribution in [2.45, 2.75) is 77.0 Å². The van der Waals surface area contributed by atoms with Crippen LogP contribution in [0.15, 0.2) is 0 Å². The number of piperazine rings is 1. The molecule has 0 unspecified atom stereocenters. The molecule has 21 heavy (non-hydrogen) atoms. The molecule has 0 bridgehead atoms. The van der Waals surface area contributed by atoms with Crippen LogP contribution < -0.4 is 5.32 Å². The van der Waals surface area contributed by atoms with Crippen LogP contribution in [0.2, 0.25) is 0 Å². The molecule has 2 rings (SSSR count). The summed E-state index contributed by atoms with van der Waals surface area (Å²) >= 11 is 0. The van der Waals surface area contributed by atoms with Crippen molar-refractivity contribution < 1.29 is 14.3 Å². The lowest BCUT2D eigenvalue weighted by Crippen LogP contribution is -2.74. The van der Waals surface area contributed by atoms with Gasteiger partial charge >= 0.3 is 0 Å². The Morgan fingerprint density at radius 2 is 1.81 bits per heavy atom. The second-order valence-electron chi connectivity index (χ2n) is 7.05. The van der Waals surface area contributed by atoms with Crippen LogP contribution in [-0.4, -0.2) is 47.0 Å². The van der Waals surface area contributed by atoms with Crippen LogP contribution in [0.4, 0.5) is 0 Å². The highest BCUT2D eigenvalue weighted by molar-refractivity contribution is 6.01. The number of nitrogens with one attached hydrogen (secondary N) is 1. The van der Waals surface area contributed by atoms with Gasteiger partial charge in [-0.1, -0.05) is 19.3 Å². The third-order valence-corrected chi connectivity index (χ3v) is 4.59. The van der Waals surface area contributed by atoms with E-state index in [1.807, 2.05) is 13.8 Å². The third kappa shape index (κ3) is 3.07. The predicted molar refractivity (Wildman–Crippen MR) is 80.8 cm³/mol. The molecule has 0 aromatic heterocycles. The summed E-state index contributed by atoms with van der Waals surface area (Å²) in [6.07, 6.45) is 4.81. The largest absolute Gasteiger partial charge is 0.377 e. The Morgan fingerprint density at radius 3 is 2.38 bits per heavy atom. The van der Waals surface area contributed by atoms with Gasteiger partial charge < -0.3 is 15.0 Å². The number of amides is 2. The Morgan fingerprint density at radius 1 is 1.19 bits per heavy atom. The van der Waals surface area contributed by atoms with Crippen molar-refractivity contribution in [1.82, 2.24) is 10.2 Å². The first-order valence-corrected chi connectivity index (χ1v) is 8.06. The highest BCUT2D eigenvalue weighted by Gasteiger charge is 2.55. The van der Waals surface area contributed by atoms with E-state index in [1.54, 1.807) is 18.7 Å². The fraction of sp³-hybridized carbons (Fsp3) is 0.875. The maximum Gasteiger partial charge on any atom is 0.248 e. The molecule has 1 aliphatic heterocycles. The van der Waals surface area contributed by atoms with Crippen molar-refractivity contribution in [2.75, 3.05) is 13.2 Å². The molecule has 2 fully saturated rings. The molecule has 2 amide bonds. The SMILES string of the molecule is CC(C)OCCN1C(=O)C(C)(C)NC(=O)C12CCCCC2. The van der Waals surface area contributed by atoms with Gasteiger partial charge in [-0.3, -0.25) is 9.59 Å². The smallest absolute Gasteiger partial charge is 0.248 e. The van der Waals surface area contributed by atoms with Gasteiger partial charge in [0.15, 0.2) is 0 Å². The number of nitrogens with zero attached hydrogens (tertiary/aromatic N) is 1. The normalized spacial score (nSPS) is 24.5. The molecule has 1 saturated heterocycles. The van der Waals surface area contributed by atoms with Gasteiger partial charge in [0, 0.05) is 6.54 Å². The van der Waals surface area contributed by atoms with Crippen LogP contribution >= 0.6 is 0 Å². The second kappa shape index (κ2) is 5.95. The number of carbonyl (C=O) groups excluding carboxylic acids is 2. The van der Waals surface area contributed by atoms with Gasteiger partial charge in [-0.15, -0.1) is 0 Å². The first kappa shape index (κ1) is 16.3. The van der Waals surface area contributed by atoms with E-state index in [2.05, 4.69) is 5.32 Å². The molecule has 1 saturated carbocycles. The Kier molecular flexibility index (Phi) is 4.61. The van der Waals surface area contributed by atoms with E-state index in [0.717, 1.165) is 32.1 Å². The topological polar surface area (TPSA) is 58.6 Å². The zero-order chi connectivity index (χ0) is 15.7. The summed E-state index contributed by atoms with van der Waals surface area (Å²) in [6.45, 7) is 8.48. The average molecular weight is 296 g/mol. The molecule has 0 atom stereocenters. The molecule has 1 spiro atoms. The lowest BCUT2D eigenvalue weighted by atomic mass is 9.76. The van der Waals surface area contributed by atoms with E-state index in [9.17, 15) is 9.59 Å². The Labute approximate surface area is 127 Å². The zero-order valence-corrected chi connectivity index (χ0v) is 13.7. The number of ether oxygens (including phenoxy) is 1. The Hall–Kier alpha value is -1.10. The fourth-order valence-corrected chi connectivity index (χ4v) is 3.44. The van der Waals surface area contributed by atoms with Crippen LogP contribution in [0.25, 0.3) is 0 Å². The minimum absolute atomic E-state index is 0.0105. The summed E-state index contributed by atoms with van der Waals surface area (Å²) in [7, 11) is 0. The fourth-order valence-electron chi connectivity index (χ4n) is 3.44. The number of hydrogen-bond acceptors (Lipinski definition) is 3. The first-order valence-electron chi connectivity index (χ1n) is 8.06. The van der Waals surface area contributed by atoms with Crippen LogP contribution in [0.1, 0.15) is 59.8 Å². The molecule has 5 heteroatoms. The van der Waals surface area contributed by atoms with E-state index in [-0.39, 0.29) is 17.9 Å². The second-order valence-corrected chi connectivity index (χ2v) is 7.05. The minimum Gasteiger partial charge on any atom is -0.377 e. The Bertz CT molecular complexity index is 412. The standard InChI is InChI=1S/C16H28N2O3/c1-12(2)21-11-10-18-14(20)15(3,4)17-13(19)16(18)8-6-5-7-9-16/h12H,5-11H2,1-4H3,(H,17,19). The van der Waals surface area contributed by atoms with Crippen LogP contribution in [0.3, 0.4) is 0 Å². The molecule has 0 aromatic carbocycles. The predicted octanol–water partition coefficient (Wildman–Crippen LogP) is 1.85. The van der Waals surface area contributed by atoms with E-state index in [1.165, 1.54) is 0 Å². The van der Waals surface area contributed by atoms with Crippen molar-refractivity contribution in [1.29, 1.82) is 0 Å². The van der Waals surface area contributed by atoms with E-state index < -0.39 is 11.1 Å². The van der Waals surface area contributed by atoms with Gasteiger partial charge in [0.25, 0.3) is 0 Å². The lowest BCUT2D eigenvalue weighted by Gasteiger charge is -2.52. The average Bonchev–Trinajstić information content (AvgIpc) is 2.41. The summed E-state index contributed by atoms with van der Waals surface area (Å²) in [4.78, 5) is 27.3. The van der Waals surface area contributed by atoms with Crippen molar-refractivity contribution in [3.63, 3.8) is 0 Å². The maximum absolute atomic E-state index is 12.8. The summed E-state index contributed by atoms with van der Waals surface area (Å²) in [6, 6.07) is 0. The third-order valence-electron chi connectivity index (χ3n) is 4.59. The number of carbonyl (C=O) groups is 2. The van der Waals surface area contributed by atoms with E-state index >= 15 is 0 Å². The first-order chi connectivity index (χ1) is 9.79. The van der Waals surface area contributed by atoms with E-state index in [0.29, 0.717) is 13.2 Å². The van der Waals surface area contributed by atoms with E-state index in [4.69, 9.17) is 4.74 Å². The van der Waals surface area contributed by atoms with Gasteiger partial charge in [-0.2, -0.15) is 0 Å². The zero-order valence-electron chi connectivity index (χ0n) is 13.7. The van der Waals surface area contributed by atoms with Crippen LogP contribution in [-0.2, 0) is 14.3 Å². The summed E-state index contributed by atoms with van der Waals surface area (Å²) in [5.74, 6) is 0.0210. The highest BCUT2D eigenvalue weighted by Crippen LogP contribution is 2.38. The van der Waals surface area contributed by atoms with Crippen molar-refractivity contribution >= 4 is 11.8 Å². The van der Waals surface area contributed by atoms with Crippen molar-refractivity contribution in [3.05, 3.63) is 0 Å². The molecule has 0 aromatic rings. The molecule has 2 aliphatic rings. The monoisotopic (exact) mass is 296 g/mol. The summed E-state index contributed by atoms with van der Waals surface area (Å²) in [5, 5.41) is 2.92. The van der Waals surface area contributed by atoms with Crippen LogP contribution in [0, 0.1) is 0 Å². The van der Waals surface area contributed by atoms with Gasteiger partial charge in [0.1, 0.15) is 11.1 Å². The lowest BCUT2D eigenvalue weighted by molar-refractivity contribution is -0.165. The van der Waals surface area contributed by atoms with Crippen LogP contribution in [0.5, 0.6) is 0 Å². The van der Waals surface area contributed by atoms with Gasteiger partial charge in [0.05, 0.1) is 12.7 Å². The molecule has 1 aliphatic carbocycles. The maximum atomic E-state index is 12.8. The van der Waals surface area contributed by atoms with Gasteiger partial charge in [-0.05, 0) is 40.5 Å².